The molecular formula is C17H20O3. The summed E-state index contributed by atoms with van der Waals surface area (Å²) in [6.07, 6.45) is 3.46. The van der Waals surface area contributed by atoms with Crippen molar-refractivity contribution in [3.05, 3.63) is 35.9 Å². The molecule has 1 N–H and O–H groups in total. The first kappa shape index (κ1) is 12.4. The number of hydrogen-bond donors (Lipinski definition) is 1. The fourth-order valence-corrected chi connectivity index (χ4v) is 4.71. The smallest absolute Gasteiger partial charge is 0.309 e. The lowest BCUT2D eigenvalue weighted by atomic mass is 9.74. The fourth-order valence-electron chi connectivity index (χ4n) is 4.71. The average molecular weight is 272 g/mol. The fraction of sp³-hybridized carbons (Fsp3) is 0.588. The van der Waals surface area contributed by atoms with Crippen LogP contribution in [0.1, 0.15) is 24.8 Å². The van der Waals surface area contributed by atoms with E-state index >= 15 is 0 Å². The van der Waals surface area contributed by atoms with Gasteiger partial charge in [0.1, 0.15) is 6.10 Å². The number of aliphatic hydroxyl groups is 1. The van der Waals surface area contributed by atoms with Gasteiger partial charge in [0.15, 0.2) is 0 Å². The summed E-state index contributed by atoms with van der Waals surface area (Å²) in [5, 5.41) is 10.7. The molecule has 2 saturated carbocycles. The Morgan fingerprint density at radius 3 is 2.80 bits per heavy atom. The topological polar surface area (TPSA) is 46.5 Å². The Morgan fingerprint density at radius 1 is 1.20 bits per heavy atom. The molecule has 0 amide bonds. The Balaban J connectivity index is 1.62. The van der Waals surface area contributed by atoms with E-state index in [1.807, 2.05) is 18.2 Å². The van der Waals surface area contributed by atoms with E-state index in [0.29, 0.717) is 0 Å². The van der Waals surface area contributed by atoms with E-state index in [4.69, 9.17) is 4.74 Å². The number of aliphatic hydroxyl groups excluding tert-OH is 1. The van der Waals surface area contributed by atoms with Crippen molar-refractivity contribution in [2.45, 2.75) is 37.9 Å². The summed E-state index contributed by atoms with van der Waals surface area (Å²) in [4.78, 5) is 12.0. The van der Waals surface area contributed by atoms with Crippen LogP contribution in [-0.2, 0) is 16.0 Å². The van der Waals surface area contributed by atoms with Gasteiger partial charge >= 0.3 is 5.97 Å². The molecule has 3 fully saturated rings. The van der Waals surface area contributed by atoms with Crippen molar-refractivity contribution in [2.24, 2.45) is 23.7 Å². The zero-order valence-corrected chi connectivity index (χ0v) is 11.4. The van der Waals surface area contributed by atoms with Crippen LogP contribution >= 0.6 is 0 Å². The van der Waals surface area contributed by atoms with E-state index in [0.717, 1.165) is 25.7 Å². The van der Waals surface area contributed by atoms with Crippen LogP contribution in [0, 0.1) is 23.7 Å². The summed E-state index contributed by atoms with van der Waals surface area (Å²) in [5.41, 5.74) is 1.22. The molecular weight excluding hydrogens is 252 g/mol. The molecule has 106 valence electrons. The molecule has 0 aromatic heterocycles. The van der Waals surface area contributed by atoms with Crippen molar-refractivity contribution in [3.8, 4) is 0 Å². The standard InChI is InChI=1S/C17H20O3/c18-15-11-7-4-8-12-14(11)16(20-17(12)19)13(15)9-10-5-2-1-3-6-10/h1-3,5-6,11-16,18H,4,7-9H2/t11?,12?,13-,14?,15?,16?/m0/s1. The average Bonchev–Trinajstić information content (AvgIpc) is 2.94. The van der Waals surface area contributed by atoms with Crippen LogP contribution in [-0.4, -0.2) is 23.3 Å². The third-order valence-electron chi connectivity index (χ3n) is 5.56. The van der Waals surface area contributed by atoms with Gasteiger partial charge in [-0.25, -0.2) is 0 Å². The van der Waals surface area contributed by atoms with E-state index in [-0.39, 0.29) is 41.8 Å². The molecule has 1 aliphatic heterocycles. The van der Waals surface area contributed by atoms with Gasteiger partial charge in [-0.15, -0.1) is 0 Å². The zero-order valence-electron chi connectivity index (χ0n) is 11.4. The second kappa shape index (κ2) is 4.59. The summed E-state index contributed by atoms with van der Waals surface area (Å²) < 4.78 is 5.66. The van der Waals surface area contributed by atoms with Gasteiger partial charge in [0.2, 0.25) is 0 Å². The number of benzene rings is 1. The first-order valence-corrected chi connectivity index (χ1v) is 7.68. The van der Waals surface area contributed by atoms with Gasteiger partial charge in [-0.1, -0.05) is 36.8 Å². The molecule has 3 aliphatic rings. The highest BCUT2D eigenvalue weighted by molar-refractivity contribution is 5.76. The van der Waals surface area contributed by atoms with Gasteiger partial charge in [-0.05, 0) is 30.7 Å². The lowest BCUT2D eigenvalue weighted by Gasteiger charge is -2.29. The van der Waals surface area contributed by atoms with Gasteiger partial charge in [0.25, 0.3) is 0 Å². The van der Waals surface area contributed by atoms with Crippen LogP contribution in [0.25, 0.3) is 0 Å². The van der Waals surface area contributed by atoms with Gasteiger partial charge in [0, 0.05) is 11.8 Å². The Kier molecular flexibility index (Phi) is 2.84. The molecule has 1 aromatic rings. The Bertz CT molecular complexity index is 512. The molecule has 0 bridgehead atoms. The molecule has 4 rings (SSSR count). The Morgan fingerprint density at radius 2 is 2.00 bits per heavy atom. The normalized spacial score (nSPS) is 42.4. The minimum atomic E-state index is -0.318. The van der Waals surface area contributed by atoms with Crippen LogP contribution < -0.4 is 0 Å². The van der Waals surface area contributed by atoms with Crippen molar-refractivity contribution in [1.82, 2.24) is 0 Å². The lowest BCUT2D eigenvalue weighted by molar-refractivity contribution is -0.147. The highest BCUT2D eigenvalue weighted by Gasteiger charge is 2.61. The summed E-state index contributed by atoms with van der Waals surface area (Å²) in [7, 11) is 0. The number of rotatable bonds is 2. The van der Waals surface area contributed by atoms with Crippen LogP contribution in [0.2, 0.25) is 0 Å². The summed E-state index contributed by atoms with van der Waals surface area (Å²) in [6.45, 7) is 0. The summed E-state index contributed by atoms with van der Waals surface area (Å²) in [6, 6.07) is 10.2. The van der Waals surface area contributed by atoms with Crippen molar-refractivity contribution in [3.63, 3.8) is 0 Å². The van der Waals surface area contributed by atoms with Crippen LogP contribution in [0.5, 0.6) is 0 Å². The third-order valence-corrected chi connectivity index (χ3v) is 5.56. The molecule has 20 heavy (non-hydrogen) atoms. The number of ether oxygens (including phenoxy) is 1. The molecule has 0 radical (unpaired) electrons. The molecule has 1 aromatic carbocycles. The minimum Gasteiger partial charge on any atom is -0.461 e. The van der Waals surface area contributed by atoms with Crippen molar-refractivity contribution >= 4 is 5.97 Å². The molecule has 5 unspecified atom stereocenters. The second-order valence-electron chi connectivity index (χ2n) is 6.52. The van der Waals surface area contributed by atoms with Crippen molar-refractivity contribution in [1.29, 1.82) is 0 Å². The number of carbonyl (C=O) groups excluding carboxylic acids is 1. The summed E-state index contributed by atoms with van der Waals surface area (Å²) >= 11 is 0. The predicted octanol–water partition coefficient (Wildman–Crippen LogP) is 2.18. The van der Waals surface area contributed by atoms with Crippen LogP contribution in [0.15, 0.2) is 30.3 Å². The maximum Gasteiger partial charge on any atom is 0.309 e. The maximum atomic E-state index is 12.0. The van der Waals surface area contributed by atoms with E-state index in [1.165, 1.54) is 5.56 Å². The SMILES string of the molecule is O=C1OC2C3C1CCCC3C(O)[C@@H]2Cc1ccccc1. The van der Waals surface area contributed by atoms with Gasteiger partial charge < -0.3 is 9.84 Å². The quantitative estimate of drug-likeness (QED) is 0.839. The highest BCUT2D eigenvalue weighted by Crippen LogP contribution is 2.54. The number of carbonyl (C=O) groups is 1. The van der Waals surface area contributed by atoms with E-state index in [1.54, 1.807) is 0 Å². The minimum absolute atomic E-state index is 0.0188. The maximum absolute atomic E-state index is 12.0. The molecule has 0 spiro atoms. The monoisotopic (exact) mass is 272 g/mol. The number of esters is 1. The predicted molar refractivity (Wildman–Crippen MR) is 73.8 cm³/mol. The Hall–Kier alpha value is -1.35. The molecule has 3 nitrogen and oxygen atoms in total. The number of hydrogen-bond acceptors (Lipinski definition) is 3. The van der Waals surface area contributed by atoms with E-state index in [9.17, 15) is 9.90 Å². The zero-order chi connectivity index (χ0) is 13.7. The summed E-state index contributed by atoms with van der Waals surface area (Å²) in [5.74, 6) is 0.627. The first-order valence-electron chi connectivity index (χ1n) is 7.68. The molecule has 1 heterocycles. The Labute approximate surface area is 118 Å². The van der Waals surface area contributed by atoms with Crippen LogP contribution in [0.4, 0.5) is 0 Å². The van der Waals surface area contributed by atoms with E-state index < -0.39 is 0 Å². The third kappa shape index (κ3) is 1.72. The van der Waals surface area contributed by atoms with Crippen molar-refractivity contribution < 1.29 is 14.6 Å². The lowest BCUT2D eigenvalue weighted by Crippen LogP contribution is -2.32. The van der Waals surface area contributed by atoms with Gasteiger partial charge in [-0.2, -0.15) is 0 Å². The molecule has 1 saturated heterocycles. The molecule has 3 heteroatoms. The highest BCUT2D eigenvalue weighted by atomic mass is 16.6. The van der Waals surface area contributed by atoms with Crippen molar-refractivity contribution in [2.75, 3.05) is 0 Å². The van der Waals surface area contributed by atoms with E-state index in [2.05, 4.69) is 12.1 Å². The first-order chi connectivity index (χ1) is 9.75. The van der Waals surface area contributed by atoms with Crippen LogP contribution in [0.3, 0.4) is 0 Å². The van der Waals surface area contributed by atoms with Gasteiger partial charge in [-0.3, -0.25) is 4.79 Å². The molecule has 2 aliphatic carbocycles. The van der Waals surface area contributed by atoms with Gasteiger partial charge in [0.05, 0.1) is 12.0 Å². The molecule has 6 atom stereocenters. The largest absolute Gasteiger partial charge is 0.461 e. The second-order valence-corrected chi connectivity index (χ2v) is 6.52.